The molecule has 0 radical (unpaired) electrons. The second-order valence-corrected chi connectivity index (χ2v) is 7.70. The van der Waals surface area contributed by atoms with Crippen molar-refractivity contribution in [1.82, 2.24) is 15.5 Å². The third-order valence-corrected chi connectivity index (χ3v) is 4.48. The fourth-order valence-corrected chi connectivity index (χ4v) is 2.91. The van der Waals surface area contributed by atoms with E-state index in [2.05, 4.69) is 32.3 Å². The monoisotopic (exact) mass is 375 g/mol. The van der Waals surface area contributed by atoms with Crippen LogP contribution in [-0.2, 0) is 4.79 Å². The van der Waals surface area contributed by atoms with Gasteiger partial charge in [-0.25, -0.2) is 0 Å². The summed E-state index contributed by atoms with van der Waals surface area (Å²) in [7, 11) is 0. The Balaban J connectivity index is 1.88. The number of phenols is 1. The number of guanidine groups is 1. The van der Waals surface area contributed by atoms with Crippen LogP contribution in [0.25, 0.3) is 0 Å². The number of nitrogens with one attached hydrogen (secondary N) is 2. The Kier molecular flexibility index (Phi) is 7.33. The van der Waals surface area contributed by atoms with Gasteiger partial charge in [0.25, 0.3) is 0 Å². The van der Waals surface area contributed by atoms with Crippen molar-refractivity contribution in [3.8, 4) is 5.75 Å². The molecule has 1 aliphatic rings. The van der Waals surface area contributed by atoms with Crippen LogP contribution in [0.2, 0.25) is 0 Å². The SMILES string of the molecule is CCNC(=NCCNC(=O)C(C)(C)C)N1CCN(c2ccccc2O)CC1. The van der Waals surface area contributed by atoms with Crippen molar-refractivity contribution in [2.75, 3.05) is 50.7 Å². The number of aliphatic imine (C=N–C) groups is 1. The highest BCUT2D eigenvalue weighted by molar-refractivity contribution is 5.82. The molecule has 27 heavy (non-hydrogen) atoms. The number of carbonyl (C=O) groups is 1. The summed E-state index contributed by atoms with van der Waals surface area (Å²) in [5.74, 6) is 1.24. The van der Waals surface area contributed by atoms with Gasteiger partial charge >= 0.3 is 0 Å². The molecule has 0 saturated carbocycles. The Labute approximate surface area is 162 Å². The molecule has 0 aliphatic carbocycles. The van der Waals surface area contributed by atoms with E-state index in [1.807, 2.05) is 39.0 Å². The minimum atomic E-state index is -0.381. The molecule has 150 valence electrons. The van der Waals surface area contributed by atoms with Gasteiger partial charge in [-0.3, -0.25) is 9.79 Å². The second-order valence-electron chi connectivity index (χ2n) is 7.70. The number of hydrogen-bond donors (Lipinski definition) is 3. The lowest BCUT2D eigenvalue weighted by Gasteiger charge is -2.37. The summed E-state index contributed by atoms with van der Waals surface area (Å²) in [4.78, 5) is 21.0. The van der Waals surface area contributed by atoms with Crippen LogP contribution in [0.1, 0.15) is 27.7 Å². The van der Waals surface area contributed by atoms with Crippen molar-refractivity contribution in [2.45, 2.75) is 27.7 Å². The van der Waals surface area contributed by atoms with Crippen LogP contribution in [0.5, 0.6) is 5.75 Å². The molecule has 1 aromatic rings. The average Bonchev–Trinajstić information content (AvgIpc) is 2.64. The number of para-hydroxylation sites is 2. The number of aromatic hydroxyl groups is 1. The summed E-state index contributed by atoms with van der Waals surface area (Å²) < 4.78 is 0. The molecule has 1 saturated heterocycles. The van der Waals surface area contributed by atoms with E-state index in [0.29, 0.717) is 18.8 Å². The van der Waals surface area contributed by atoms with E-state index in [4.69, 9.17) is 0 Å². The number of nitrogens with zero attached hydrogens (tertiary/aromatic N) is 3. The lowest BCUT2D eigenvalue weighted by molar-refractivity contribution is -0.128. The average molecular weight is 376 g/mol. The summed E-state index contributed by atoms with van der Waals surface area (Å²) >= 11 is 0. The van der Waals surface area contributed by atoms with Crippen LogP contribution in [0.15, 0.2) is 29.3 Å². The molecule has 0 unspecified atom stereocenters. The van der Waals surface area contributed by atoms with Crippen molar-refractivity contribution in [3.05, 3.63) is 24.3 Å². The lowest BCUT2D eigenvalue weighted by atomic mass is 9.96. The number of rotatable bonds is 5. The van der Waals surface area contributed by atoms with Crippen LogP contribution in [-0.4, -0.2) is 67.7 Å². The zero-order valence-electron chi connectivity index (χ0n) is 17.0. The first-order valence-corrected chi connectivity index (χ1v) is 9.67. The second kappa shape index (κ2) is 9.48. The summed E-state index contributed by atoms with van der Waals surface area (Å²) in [6, 6.07) is 7.45. The first kappa shape index (κ1) is 20.9. The molecule has 1 heterocycles. The highest BCUT2D eigenvalue weighted by Gasteiger charge is 2.22. The van der Waals surface area contributed by atoms with Gasteiger partial charge in [0.05, 0.1) is 12.2 Å². The summed E-state index contributed by atoms with van der Waals surface area (Å²) in [5.41, 5.74) is 0.497. The predicted octanol–water partition coefficient (Wildman–Crippen LogP) is 1.64. The third-order valence-electron chi connectivity index (χ3n) is 4.48. The summed E-state index contributed by atoms with van der Waals surface area (Å²) in [6.45, 7) is 12.9. The van der Waals surface area contributed by atoms with Crippen LogP contribution >= 0.6 is 0 Å². The molecular weight excluding hydrogens is 342 g/mol. The normalized spacial score (nSPS) is 15.6. The number of amides is 1. The van der Waals surface area contributed by atoms with E-state index >= 15 is 0 Å². The molecule has 0 bridgehead atoms. The standard InChI is InChI=1S/C20H33N5O2/c1-5-21-19(23-11-10-22-18(27)20(2,3)4)25-14-12-24(13-15-25)16-8-6-7-9-17(16)26/h6-9,26H,5,10-15H2,1-4H3,(H,21,23)(H,22,27). The molecule has 1 amide bonds. The number of hydrogen-bond acceptors (Lipinski definition) is 4. The highest BCUT2D eigenvalue weighted by Crippen LogP contribution is 2.27. The molecule has 7 nitrogen and oxygen atoms in total. The smallest absolute Gasteiger partial charge is 0.225 e. The molecule has 2 rings (SSSR count). The van der Waals surface area contributed by atoms with Gasteiger partial charge in [0, 0.05) is 44.7 Å². The number of piperazine rings is 1. The number of carbonyl (C=O) groups excluding carboxylic acids is 1. The molecular formula is C20H33N5O2. The molecule has 1 aliphatic heterocycles. The van der Waals surface area contributed by atoms with Crippen LogP contribution in [0, 0.1) is 5.41 Å². The molecule has 7 heteroatoms. The molecule has 0 atom stereocenters. The maximum absolute atomic E-state index is 11.9. The summed E-state index contributed by atoms with van der Waals surface area (Å²) in [6.07, 6.45) is 0. The van der Waals surface area contributed by atoms with Crippen molar-refractivity contribution in [3.63, 3.8) is 0 Å². The highest BCUT2D eigenvalue weighted by atomic mass is 16.3. The topological polar surface area (TPSA) is 80.2 Å². The van der Waals surface area contributed by atoms with E-state index in [-0.39, 0.29) is 11.3 Å². The number of anilines is 1. The zero-order chi connectivity index (χ0) is 19.9. The molecule has 3 N–H and O–H groups in total. The van der Waals surface area contributed by atoms with Crippen molar-refractivity contribution in [2.24, 2.45) is 10.4 Å². The van der Waals surface area contributed by atoms with Gasteiger partial charge < -0.3 is 25.5 Å². The summed E-state index contributed by atoms with van der Waals surface area (Å²) in [5, 5.41) is 16.3. The fourth-order valence-electron chi connectivity index (χ4n) is 2.91. The van der Waals surface area contributed by atoms with E-state index < -0.39 is 0 Å². The maximum Gasteiger partial charge on any atom is 0.225 e. The van der Waals surface area contributed by atoms with Gasteiger partial charge in [-0.15, -0.1) is 0 Å². The molecule has 1 aromatic carbocycles. The maximum atomic E-state index is 11.9. The quantitative estimate of drug-likeness (QED) is 0.414. The first-order chi connectivity index (χ1) is 12.8. The molecule has 0 aromatic heterocycles. The van der Waals surface area contributed by atoms with Crippen LogP contribution in [0.3, 0.4) is 0 Å². The van der Waals surface area contributed by atoms with E-state index in [9.17, 15) is 9.90 Å². The Bertz CT molecular complexity index is 646. The minimum absolute atomic E-state index is 0.0407. The zero-order valence-corrected chi connectivity index (χ0v) is 17.0. The predicted molar refractivity (Wildman–Crippen MR) is 110 cm³/mol. The van der Waals surface area contributed by atoms with E-state index in [1.54, 1.807) is 6.07 Å². The van der Waals surface area contributed by atoms with Crippen LogP contribution < -0.4 is 15.5 Å². The fraction of sp³-hybridized carbons (Fsp3) is 0.600. The van der Waals surface area contributed by atoms with Gasteiger partial charge in [-0.2, -0.15) is 0 Å². The Morgan fingerprint density at radius 1 is 1.15 bits per heavy atom. The largest absolute Gasteiger partial charge is 0.506 e. The van der Waals surface area contributed by atoms with Gasteiger partial charge in [0.1, 0.15) is 5.75 Å². The molecule has 0 spiro atoms. The Morgan fingerprint density at radius 3 is 2.41 bits per heavy atom. The van der Waals surface area contributed by atoms with Gasteiger partial charge in [0.15, 0.2) is 5.96 Å². The minimum Gasteiger partial charge on any atom is -0.506 e. The Morgan fingerprint density at radius 2 is 1.81 bits per heavy atom. The van der Waals surface area contributed by atoms with E-state index in [1.165, 1.54) is 0 Å². The third kappa shape index (κ3) is 6.05. The Hall–Kier alpha value is -2.44. The number of benzene rings is 1. The molecule has 1 fully saturated rings. The number of phenolic OH excluding ortho intramolecular Hbond substituents is 1. The van der Waals surface area contributed by atoms with Gasteiger partial charge in [-0.05, 0) is 19.1 Å². The van der Waals surface area contributed by atoms with Crippen LogP contribution in [0.4, 0.5) is 5.69 Å². The van der Waals surface area contributed by atoms with Crippen molar-refractivity contribution >= 4 is 17.6 Å². The van der Waals surface area contributed by atoms with Gasteiger partial charge in [-0.1, -0.05) is 32.9 Å². The lowest BCUT2D eigenvalue weighted by Crippen LogP contribution is -2.52. The van der Waals surface area contributed by atoms with E-state index in [0.717, 1.165) is 44.4 Å². The first-order valence-electron chi connectivity index (χ1n) is 9.67. The van der Waals surface area contributed by atoms with Crippen molar-refractivity contribution < 1.29 is 9.90 Å². The van der Waals surface area contributed by atoms with Crippen molar-refractivity contribution in [1.29, 1.82) is 0 Å². The van der Waals surface area contributed by atoms with Gasteiger partial charge in [0.2, 0.25) is 5.91 Å².